The van der Waals surface area contributed by atoms with Crippen LogP contribution in [0.3, 0.4) is 0 Å². The summed E-state index contributed by atoms with van der Waals surface area (Å²) in [5.41, 5.74) is 1.62. The van der Waals surface area contributed by atoms with Gasteiger partial charge in [-0.1, -0.05) is 42.5 Å². The number of carbonyl (C=O) groups excluding carboxylic acids is 1. The van der Waals surface area contributed by atoms with Gasteiger partial charge in [0, 0.05) is 18.0 Å². The Bertz CT molecular complexity index is 1800. The van der Waals surface area contributed by atoms with E-state index in [2.05, 4.69) is 4.98 Å². The zero-order valence-electron chi connectivity index (χ0n) is 22.2. The molecule has 0 saturated heterocycles. The fraction of sp³-hybridized carbons (Fsp3) is 0.161. The van der Waals surface area contributed by atoms with Crippen LogP contribution in [0.2, 0.25) is 0 Å². The maximum absolute atomic E-state index is 13.8. The second kappa shape index (κ2) is 11.0. The van der Waals surface area contributed by atoms with Crippen LogP contribution in [-0.4, -0.2) is 31.6 Å². The molecule has 0 aliphatic rings. The number of aromatic nitrogens is 4. The summed E-state index contributed by atoms with van der Waals surface area (Å²) in [6, 6.07) is 19.0. The molecule has 1 unspecified atom stereocenters. The summed E-state index contributed by atoms with van der Waals surface area (Å²) in [7, 11) is 1.49. The van der Waals surface area contributed by atoms with Gasteiger partial charge in [-0.05, 0) is 55.3 Å². The predicted octanol–water partition coefficient (Wildman–Crippen LogP) is 4.54. The number of hydrogen-bond acceptors (Lipinski definition) is 5. The van der Waals surface area contributed by atoms with Crippen molar-refractivity contribution in [2.45, 2.75) is 26.4 Å². The summed E-state index contributed by atoms with van der Waals surface area (Å²) in [5.74, 6) is -0.573. The van der Waals surface area contributed by atoms with Crippen molar-refractivity contribution >= 4 is 5.78 Å². The molecule has 9 heteroatoms. The fourth-order valence-corrected chi connectivity index (χ4v) is 4.64. The Balaban J connectivity index is 1.64. The highest BCUT2D eigenvalue weighted by molar-refractivity contribution is 6.09. The Labute approximate surface area is 229 Å². The highest BCUT2D eigenvalue weighted by atomic mass is 19.1. The molecule has 0 amide bonds. The van der Waals surface area contributed by atoms with E-state index in [0.717, 1.165) is 15.8 Å². The number of hydrogen-bond donors (Lipinski definition) is 0. The molecule has 202 valence electrons. The standard InChI is InChI=1S/C31H27FN4O4/c1-20-16-35(19-33-20)27-14-11-24(15-28(27)40-3)29(37)26-18-34(17-22-7-5-4-6-8-22)31(39)36(30(26)38)21(2)23-9-12-25(32)13-10-23/h4-16,18-19,21H,17H2,1-3H3. The Morgan fingerprint density at radius 3 is 2.38 bits per heavy atom. The number of ketones is 1. The molecule has 0 radical (unpaired) electrons. The number of ether oxygens (including phenoxy) is 1. The first-order chi connectivity index (χ1) is 19.3. The molecule has 0 N–H and O–H groups in total. The Morgan fingerprint density at radius 1 is 1.00 bits per heavy atom. The quantitative estimate of drug-likeness (QED) is 0.271. The third-order valence-electron chi connectivity index (χ3n) is 6.80. The summed E-state index contributed by atoms with van der Waals surface area (Å²) >= 11 is 0. The minimum absolute atomic E-state index is 0.151. The van der Waals surface area contributed by atoms with E-state index in [1.807, 2.05) is 43.5 Å². The van der Waals surface area contributed by atoms with Gasteiger partial charge in [-0.15, -0.1) is 0 Å². The molecule has 1 atom stereocenters. The summed E-state index contributed by atoms with van der Waals surface area (Å²) < 4.78 is 23.3. The van der Waals surface area contributed by atoms with Crippen LogP contribution >= 0.6 is 0 Å². The molecule has 0 aliphatic heterocycles. The highest BCUT2D eigenvalue weighted by Gasteiger charge is 2.23. The van der Waals surface area contributed by atoms with Crippen LogP contribution in [0.5, 0.6) is 5.75 Å². The normalized spacial score (nSPS) is 11.8. The van der Waals surface area contributed by atoms with Crippen LogP contribution < -0.4 is 16.0 Å². The molecule has 0 bridgehead atoms. The molecule has 8 nitrogen and oxygen atoms in total. The Hall–Kier alpha value is -5.05. The second-order valence-corrected chi connectivity index (χ2v) is 9.48. The molecule has 40 heavy (non-hydrogen) atoms. The van der Waals surface area contributed by atoms with Crippen molar-refractivity contribution in [1.29, 1.82) is 0 Å². The number of nitrogens with zero attached hydrogens (tertiary/aromatic N) is 4. The number of halogens is 1. The number of methoxy groups -OCH3 is 1. The molecule has 0 aliphatic carbocycles. The molecule has 0 saturated carbocycles. The number of carbonyl (C=O) groups is 1. The first-order valence-corrected chi connectivity index (χ1v) is 12.7. The summed E-state index contributed by atoms with van der Waals surface area (Å²) in [5, 5.41) is 0. The largest absolute Gasteiger partial charge is 0.495 e. The van der Waals surface area contributed by atoms with Gasteiger partial charge in [0.1, 0.15) is 17.1 Å². The van der Waals surface area contributed by atoms with Gasteiger partial charge in [-0.25, -0.2) is 14.2 Å². The fourth-order valence-electron chi connectivity index (χ4n) is 4.64. The topological polar surface area (TPSA) is 88.1 Å². The van der Waals surface area contributed by atoms with Crippen molar-refractivity contribution in [2.75, 3.05) is 7.11 Å². The van der Waals surface area contributed by atoms with Crippen LogP contribution in [0.15, 0.2) is 101 Å². The van der Waals surface area contributed by atoms with Crippen molar-refractivity contribution in [1.82, 2.24) is 18.7 Å². The number of aryl methyl sites for hydroxylation is 1. The Kier molecular flexibility index (Phi) is 7.29. The molecule has 2 aromatic heterocycles. The van der Waals surface area contributed by atoms with E-state index >= 15 is 0 Å². The van der Waals surface area contributed by atoms with Crippen molar-refractivity contribution in [3.8, 4) is 11.4 Å². The van der Waals surface area contributed by atoms with E-state index < -0.39 is 28.9 Å². The highest BCUT2D eigenvalue weighted by Crippen LogP contribution is 2.26. The average molecular weight is 539 g/mol. The first-order valence-electron chi connectivity index (χ1n) is 12.7. The van der Waals surface area contributed by atoms with Crippen molar-refractivity contribution in [2.24, 2.45) is 0 Å². The maximum atomic E-state index is 13.8. The number of imidazole rings is 1. The number of benzene rings is 3. The van der Waals surface area contributed by atoms with E-state index in [1.54, 1.807) is 36.0 Å². The molecule has 2 heterocycles. The first kappa shape index (κ1) is 26.6. The lowest BCUT2D eigenvalue weighted by Gasteiger charge is -2.19. The van der Waals surface area contributed by atoms with Crippen LogP contribution in [0.25, 0.3) is 5.69 Å². The molecule has 5 aromatic rings. The van der Waals surface area contributed by atoms with Crippen LogP contribution in [0, 0.1) is 12.7 Å². The Morgan fingerprint density at radius 2 is 1.73 bits per heavy atom. The van der Waals surface area contributed by atoms with E-state index in [4.69, 9.17) is 4.74 Å². The van der Waals surface area contributed by atoms with Crippen molar-refractivity contribution < 1.29 is 13.9 Å². The van der Waals surface area contributed by atoms with E-state index in [9.17, 15) is 18.8 Å². The average Bonchev–Trinajstić information content (AvgIpc) is 3.40. The molecule has 0 fully saturated rings. The second-order valence-electron chi connectivity index (χ2n) is 9.48. The lowest BCUT2D eigenvalue weighted by Crippen LogP contribution is -2.44. The van der Waals surface area contributed by atoms with E-state index in [0.29, 0.717) is 17.0 Å². The zero-order chi connectivity index (χ0) is 28.4. The lowest BCUT2D eigenvalue weighted by molar-refractivity contribution is 0.103. The minimum atomic E-state index is -0.753. The van der Waals surface area contributed by atoms with Crippen LogP contribution in [0.4, 0.5) is 4.39 Å². The van der Waals surface area contributed by atoms with Gasteiger partial charge < -0.3 is 9.30 Å². The van der Waals surface area contributed by atoms with Crippen molar-refractivity contribution in [3.63, 3.8) is 0 Å². The molecular weight excluding hydrogens is 511 g/mol. The van der Waals surface area contributed by atoms with Gasteiger partial charge in [0.15, 0.2) is 5.78 Å². The summed E-state index contributed by atoms with van der Waals surface area (Å²) in [6.45, 7) is 3.68. The van der Waals surface area contributed by atoms with Gasteiger partial charge in [0.25, 0.3) is 5.56 Å². The van der Waals surface area contributed by atoms with Gasteiger partial charge in [0.2, 0.25) is 0 Å². The van der Waals surface area contributed by atoms with E-state index in [1.165, 1.54) is 42.1 Å². The zero-order valence-corrected chi connectivity index (χ0v) is 22.2. The molecular formula is C31H27FN4O4. The predicted molar refractivity (Wildman–Crippen MR) is 149 cm³/mol. The van der Waals surface area contributed by atoms with Crippen LogP contribution in [-0.2, 0) is 6.54 Å². The molecule has 3 aromatic carbocycles. The SMILES string of the molecule is COc1cc(C(=O)c2cn(Cc3ccccc3)c(=O)n(C(C)c3ccc(F)cc3)c2=O)ccc1-n1cnc(C)c1. The molecule has 0 spiro atoms. The van der Waals surface area contributed by atoms with Gasteiger partial charge in [0.05, 0.1) is 37.4 Å². The smallest absolute Gasteiger partial charge is 0.331 e. The third kappa shape index (κ3) is 5.13. The lowest BCUT2D eigenvalue weighted by atomic mass is 10.0. The van der Waals surface area contributed by atoms with E-state index in [-0.39, 0.29) is 17.7 Å². The number of rotatable bonds is 8. The van der Waals surface area contributed by atoms with Gasteiger partial charge in [-0.2, -0.15) is 0 Å². The van der Waals surface area contributed by atoms with Gasteiger partial charge in [-0.3, -0.25) is 18.7 Å². The maximum Gasteiger partial charge on any atom is 0.331 e. The third-order valence-corrected chi connectivity index (χ3v) is 6.80. The summed E-state index contributed by atoms with van der Waals surface area (Å²) in [6.07, 6.45) is 4.78. The van der Waals surface area contributed by atoms with Gasteiger partial charge >= 0.3 is 5.69 Å². The molecule has 5 rings (SSSR count). The van der Waals surface area contributed by atoms with Crippen LogP contribution in [0.1, 0.15) is 45.7 Å². The monoisotopic (exact) mass is 538 g/mol. The van der Waals surface area contributed by atoms with Crippen molar-refractivity contribution in [3.05, 3.63) is 146 Å². The minimum Gasteiger partial charge on any atom is -0.495 e. The summed E-state index contributed by atoms with van der Waals surface area (Å²) in [4.78, 5) is 45.4.